The van der Waals surface area contributed by atoms with Crippen LogP contribution in [0.5, 0.6) is 0 Å². The predicted molar refractivity (Wildman–Crippen MR) is 97.3 cm³/mol. The molecule has 0 aliphatic carbocycles. The van der Waals surface area contributed by atoms with Gasteiger partial charge in [-0.25, -0.2) is 9.97 Å². The molecule has 2 N–H and O–H groups in total. The summed E-state index contributed by atoms with van der Waals surface area (Å²) in [6, 6.07) is 6.00. The van der Waals surface area contributed by atoms with E-state index in [0.717, 1.165) is 23.0 Å². The van der Waals surface area contributed by atoms with Gasteiger partial charge in [0.25, 0.3) is 0 Å². The number of aryl methyl sites for hydroxylation is 3. The van der Waals surface area contributed by atoms with Crippen molar-refractivity contribution in [1.82, 2.24) is 29.5 Å². The highest BCUT2D eigenvalue weighted by Crippen LogP contribution is 2.21. The lowest BCUT2D eigenvalue weighted by Crippen LogP contribution is -2.13. The van der Waals surface area contributed by atoms with Crippen molar-refractivity contribution in [2.75, 3.05) is 10.6 Å². The van der Waals surface area contributed by atoms with E-state index in [1.165, 1.54) is 0 Å². The third kappa shape index (κ3) is 4.14. The van der Waals surface area contributed by atoms with Crippen molar-refractivity contribution in [1.29, 1.82) is 0 Å². The summed E-state index contributed by atoms with van der Waals surface area (Å²) in [6.45, 7) is 6.00. The molecule has 0 saturated heterocycles. The monoisotopic (exact) mass is 340 g/mol. The first kappa shape index (κ1) is 16.9. The molecule has 0 bridgehead atoms. The van der Waals surface area contributed by atoms with E-state index in [-0.39, 0.29) is 12.1 Å². The fourth-order valence-electron chi connectivity index (χ4n) is 2.64. The number of anilines is 2. The summed E-state index contributed by atoms with van der Waals surface area (Å²) in [5.74, 6) is 2.23. The predicted octanol–water partition coefficient (Wildman–Crippen LogP) is 2.60. The van der Waals surface area contributed by atoms with Crippen LogP contribution in [0.25, 0.3) is 0 Å². The summed E-state index contributed by atoms with van der Waals surface area (Å²) < 4.78 is 3.58. The molecular formula is C17H24N8. The van der Waals surface area contributed by atoms with Gasteiger partial charge >= 0.3 is 0 Å². The van der Waals surface area contributed by atoms with Gasteiger partial charge in [-0.2, -0.15) is 10.2 Å². The zero-order valence-corrected chi connectivity index (χ0v) is 15.2. The first-order valence-electron chi connectivity index (χ1n) is 8.28. The van der Waals surface area contributed by atoms with Gasteiger partial charge in [0.15, 0.2) is 0 Å². The Hall–Kier alpha value is -2.90. The van der Waals surface area contributed by atoms with Crippen LogP contribution in [-0.4, -0.2) is 29.5 Å². The summed E-state index contributed by atoms with van der Waals surface area (Å²) in [4.78, 5) is 8.95. The van der Waals surface area contributed by atoms with Gasteiger partial charge in [-0.3, -0.25) is 9.36 Å². The Bertz CT molecular complexity index is 783. The molecule has 0 fully saturated rings. The summed E-state index contributed by atoms with van der Waals surface area (Å²) in [7, 11) is 3.82. The number of hydrogen-bond acceptors (Lipinski definition) is 6. The highest BCUT2D eigenvalue weighted by molar-refractivity contribution is 5.49. The maximum atomic E-state index is 4.47. The van der Waals surface area contributed by atoms with Crippen LogP contribution in [0.15, 0.2) is 30.6 Å². The van der Waals surface area contributed by atoms with Crippen LogP contribution in [0.1, 0.15) is 43.1 Å². The van der Waals surface area contributed by atoms with E-state index in [4.69, 9.17) is 0 Å². The zero-order chi connectivity index (χ0) is 18.0. The number of hydrogen-bond donors (Lipinski definition) is 2. The summed E-state index contributed by atoms with van der Waals surface area (Å²) >= 11 is 0. The van der Waals surface area contributed by atoms with E-state index in [1.807, 2.05) is 51.6 Å². The van der Waals surface area contributed by atoms with Crippen molar-refractivity contribution in [2.45, 2.75) is 32.9 Å². The van der Waals surface area contributed by atoms with Crippen molar-refractivity contribution in [3.8, 4) is 0 Å². The summed E-state index contributed by atoms with van der Waals surface area (Å²) in [5.41, 5.74) is 1.94. The molecular weight excluding hydrogens is 316 g/mol. The van der Waals surface area contributed by atoms with Crippen LogP contribution in [0, 0.1) is 6.92 Å². The van der Waals surface area contributed by atoms with Crippen LogP contribution in [0.4, 0.5) is 11.6 Å². The minimum atomic E-state index is 0.0524. The number of nitrogens with zero attached hydrogens (tertiary/aromatic N) is 6. The van der Waals surface area contributed by atoms with Crippen LogP contribution < -0.4 is 10.6 Å². The molecule has 3 aromatic heterocycles. The highest BCUT2D eigenvalue weighted by Gasteiger charge is 2.13. The molecule has 0 aliphatic rings. The second-order valence-electron chi connectivity index (χ2n) is 6.25. The van der Waals surface area contributed by atoms with Crippen LogP contribution >= 0.6 is 0 Å². The molecule has 8 nitrogen and oxygen atoms in total. The maximum absolute atomic E-state index is 4.47. The van der Waals surface area contributed by atoms with Gasteiger partial charge in [0.05, 0.1) is 23.5 Å². The fraction of sp³-hybridized carbons (Fsp3) is 0.412. The molecule has 25 heavy (non-hydrogen) atoms. The van der Waals surface area contributed by atoms with Crippen LogP contribution in [0.2, 0.25) is 0 Å². The second-order valence-corrected chi connectivity index (χ2v) is 6.25. The van der Waals surface area contributed by atoms with E-state index in [9.17, 15) is 0 Å². The quantitative estimate of drug-likeness (QED) is 0.717. The Morgan fingerprint density at radius 2 is 1.28 bits per heavy atom. The van der Waals surface area contributed by atoms with Gasteiger partial charge in [-0.1, -0.05) is 0 Å². The van der Waals surface area contributed by atoms with E-state index >= 15 is 0 Å². The zero-order valence-electron chi connectivity index (χ0n) is 15.2. The SMILES string of the molecule is Cc1nc(NC(C)c2ccn(C)n2)cc(NC(C)c2ccn(C)n2)n1. The lowest BCUT2D eigenvalue weighted by molar-refractivity contribution is 0.714. The van der Waals surface area contributed by atoms with Gasteiger partial charge < -0.3 is 10.6 Å². The van der Waals surface area contributed by atoms with Gasteiger partial charge in [-0.05, 0) is 32.9 Å². The topological polar surface area (TPSA) is 85.5 Å². The van der Waals surface area contributed by atoms with Crippen molar-refractivity contribution in [3.05, 3.63) is 47.8 Å². The molecule has 3 aromatic rings. The van der Waals surface area contributed by atoms with Gasteiger partial charge in [0.1, 0.15) is 17.5 Å². The lowest BCUT2D eigenvalue weighted by Gasteiger charge is -2.16. The van der Waals surface area contributed by atoms with Crippen molar-refractivity contribution in [2.24, 2.45) is 14.1 Å². The minimum Gasteiger partial charge on any atom is -0.362 e. The van der Waals surface area contributed by atoms with Crippen LogP contribution in [-0.2, 0) is 14.1 Å². The van der Waals surface area contributed by atoms with Gasteiger partial charge in [0, 0.05) is 32.6 Å². The molecule has 3 heterocycles. The fourth-order valence-corrected chi connectivity index (χ4v) is 2.64. The van der Waals surface area contributed by atoms with Gasteiger partial charge in [0.2, 0.25) is 0 Å². The average Bonchev–Trinajstić information content (AvgIpc) is 3.15. The lowest BCUT2D eigenvalue weighted by atomic mass is 10.2. The average molecular weight is 340 g/mol. The third-order valence-corrected chi connectivity index (χ3v) is 3.92. The van der Waals surface area contributed by atoms with E-state index in [1.54, 1.807) is 9.36 Å². The maximum Gasteiger partial charge on any atom is 0.132 e. The molecule has 0 saturated carbocycles. The Morgan fingerprint density at radius 1 is 0.840 bits per heavy atom. The minimum absolute atomic E-state index is 0.0524. The highest BCUT2D eigenvalue weighted by atomic mass is 15.3. The summed E-state index contributed by atoms with van der Waals surface area (Å²) in [5, 5.41) is 15.6. The molecule has 0 aliphatic heterocycles. The molecule has 8 heteroatoms. The number of rotatable bonds is 6. The Balaban J connectivity index is 1.73. The van der Waals surface area contributed by atoms with E-state index < -0.39 is 0 Å². The smallest absolute Gasteiger partial charge is 0.132 e. The first-order valence-corrected chi connectivity index (χ1v) is 8.28. The third-order valence-electron chi connectivity index (χ3n) is 3.92. The molecule has 132 valence electrons. The number of nitrogens with one attached hydrogen (secondary N) is 2. The van der Waals surface area contributed by atoms with E-state index in [2.05, 4.69) is 44.6 Å². The van der Waals surface area contributed by atoms with E-state index in [0.29, 0.717) is 5.82 Å². The van der Waals surface area contributed by atoms with Crippen LogP contribution in [0.3, 0.4) is 0 Å². The molecule has 2 unspecified atom stereocenters. The van der Waals surface area contributed by atoms with Crippen molar-refractivity contribution >= 4 is 11.6 Å². The molecule has 0 amide bonds. The Labute approximate surface area is 147 Å². The standard InChI is InChI=1S/C17H24N8/c1-11(14-6-8-24(4)22-14)18-16-10-17(21-13(3)20-16)19-12(2)15-7-9-25(5)23-15/h6-12H,1-5H3,(H2,18,19,20,21). The molecule has 2 atom stereocenters. The molecule has 3 rings (SSSR count). The molecule has 0 radical (unpaired) electrons. The first-order chi connectivity index (χ1) is 11.9. The Kier molecular flexibility index (Phi) is 4.69. The van der Waals surface area contributed by atoms with Gasteiger partial charge in [-0.15, -0.1) is 0 Å². The largest absolute Gasteiger partial charge is 0.362 e. The molecule has 0 aromatic carbocycles. The normalized spacial score (nSPS) is 13.5. The van der Waals surface area contributed by atoms with Crippen molar-refractivity contribution in [3.63, 3.8) is 0 Å². The molecule has 0 spiro atoms. The Morgan fingerprint density at radius 3 is 1.64 bits per heavy atom. The number of aromatic nitrogens is 6. The second kappa shape index (κ2) is 6.92. The van der Waals surface area contributed by atoms with Crippen molar-refractivity contribution < 1.29 is 0 Å². The summed E-state index contributed by atoms with van der Waals surface area (Å²) in [6.07, 6.45) is 3.86.